The van der Waals surface area contributed by atoms with E-state index in [4.69, 9.17) is 4.74 Å². The molecule has 41 heavy (non-hydrogen) atoms. The van der Waals surface area contributed by atoms with Crippen LogP contribution in [0.25, 0.3) is 0 Å². The van der Waals surface area contributed by atoms with Crippen molar-refractivity contribution in [2.24, 2.45) is 0 Å². The van der Waals surface area contributed by atoms with Crippen molar-refractivity contribution in [3.8, 4) is 0 Å². The summed E-state index contributed by atoms with van der Waals surface area (Å²) >= 11 is 0. The van der Waals surface area contributed by atoms with Gasteiger partial charge in [-0.3, -0.25) is 0 Å². The highest BCUT2D eigenvalue weighted by Gasteiger charge is 2.34. The molecule has 1 saturated carbocycles. The molecule has 3 heterocycles. The maximum Gasteiger partial charge on any atom is 0.407 e. The topological polar surface area (TPSA) is 131 Å². The van der Waals surface area contributed by atoms with Gasteiger partial charge in [-0.15, -0.1) is 0 Å². The highest BCUT2D eigenvalue weighted by molar-refractivity contribution is 7.89. The SMILES string of the molecule is Cc1c(S(=O)(=O)N2CCC(Nc3ncc([C@@H]4CC[C@H](OC(=O)N[C@@H](C)CC(F)(F)F)C4)cn3)CC2)cnn1C(F)F. The summed E-state index contributed by atoms with van der Waals surface area (Å²) in [5, 5.41) is 8.90. The standard InChI is InChI=1S/C24H32F5N7O4S/c1-14(10-24(27,28)29)33-23(37)40-19-4-3-16(9-19)17-11-30-22(31-12-17)34-18-5-7-35(8-6-18)41(38,39)20-13-32-36(15(20)2)21(25)26/h11-14,16,18-19,21H,3-10H2,1-2H3,(H,33,37)(H,30,31,34)/t14-,16+,19-/m0/s1. The number of ether oxygens (including phenoxy) is 1. The third-order valence-corrected chi connectivity index (χ3v) is 9.29. The lowest BCUT2D eigenvalue weighted by atomic mass is 10.0. The molecular formula is C24H32F5N7O4S. The highest BCUT2D eigenvalue weighted by atomic mass is 32.2. The Kier molecular flexibility index (Phi) is 9.35. The van der Waals surface area contributed by atoms with Crippen LogP contribution in [0.4, 0.5) is 32.7 Å². The third kappa shape index (κ3) is 7.81. The Balaban J connectivity index is 1.23. The summed E-state index contributed by atoms with van der Waals surface area (Å²) in [7, 11) is -3.97. The molecule has 2 fully saturated rings. The average molecular weight is 610 g/mol. The first-order valence-corrected chi connectivity index (χ1v) is 14.6. The fraction of sp³-hybridized carbons (Fsp3) is 0.667. The van der Waals surface area contributed by atoms with Crippen LogP contribution in [0.5, 0.6) is 0 Å². The summed E-state index contributed by atoms with van der Waals surface area (Å²) in [6.07, 6.45) is 0.138. The second-order valence-corrected chi connectivity index (χ2v) is 12.3. The van der Waals surface area contributed by atoms with Gasteiger partial charge in [-0.1, -0.05) is 0 Å². The van der Waals surface area contributed by atoms with Crippen molar-refractivity contribution in [2.45, 2.75) is 94.1 Å². The molecule has 0 unspecified atom stereocenters. The molecule has 0 radical (unpaired) electrons. The number of alkyl halides is 5. The smallest absolute Gasteiger partial charge is 0.407 e. The van der Waals surface area contributed by atoms with E-state index in [0.717, 1.165) is 11.8 Å². The van der Waals surface area contributed by atoms with Crippen LogP contribution < -0.4 is 10.6 Å². The minimum Gasteiger partial charge on any atom is -0.446 e. The zero-order valence-corrected chi connectivity index (χ0v) is 23.3. The number of hydrogen-bond donors (Lipinski definition) is 2. The summed E-state index contributed by atoms with van der Waals surface area (Å²) < 4.78 is 96.2. The highest BCUT2D eigenvalue weighted by Crippen LogP contribution is 2.36. The summed E-state index contributed by atoms with van der Waals surface area (Å²) in [6, 6.07) is -1.19. The van der Waals surface area contributed by atoms with Crippen LogP contribution in [0.15, 0.2) is 23.5 Å². The van der Waals surface area contributed by atoms with E-state index in [1.807, 2.05) is 0 Å². The van der Waals surface area contributed by atoms with Crippen LogP contribution in [-0.4, -0.2) is 76.0 Å². The first-order valence-electron chi connectivity index (χ1n) is 13.2. The predicted molar refractivity (Wildman–Crippen MR) is 136 cm³/mol. The molecule has 1 amide bonds. The van der Waals surface area contributed by atoms with Gasteiger partial charge in [0.15, 0.2) is 0 Å². The van der Waals surface area contributed by atoms with E-state index < -0.39 is 47.4 Å². The number of hydrogen-bond acceptors (Lipinski definition) is 8. The molecule has 11 nitrogen and oxygen atoms in total. The second-order valence-electron chi connectivity index (χ2n) is 10.4. The van der Waals surface area contributed by atoms with E-state index in [1.54, 1.807) is 12.4 Å². The molecule has 1 saturated heterocycles. The van der Waals surface area contributed by atoms with Gasteiger partial charge in [0.25, 0.3) is 0 Å². The van der Waals surface area contributed by atoms with Crippen molar-refractivity contribution >= 4 is 22.1 Å². The van der Waals surface area contributed by atoms with E-state index in [0.29, 0.717) is 42.7 Å². The van der Waals surface area contributed by atoms with Gasteiger partial charge in [-0.2, -0.15) is 31.4 Å². The Labute approximate surface area is 233 Å². The van der Waals surface area contributed by atoms with Crippen LogP contribution in [0.3, 0.4) is 0 Å². The molecule has 1 aliphatic carbocycles. The predicted octanol–water partition coefficient (Wildman–Crippen LogP) is 4.35. The van der Waals surface area contributed by atoms with Crippen molar-refractivity contribution in [1.29, 1.82) is 0 Å². The fourth-order valence-electron chi connectivity index (χ4n) is 5.18. The molecule has 2 aromatic heterocycles. The number of rotatable bonds is 9. The number of alkyl carbamates (subject to hydrolysis) is 1. The lowest BCUT2D eigenvalue weighted by Crippen LogP contribution is -2.42. The van der Waals surface area contributed by atoms with Crippen molar-refractivity contribution in [2.75, 3.05) is 18.4 Å². The van der Waals surface area contributed by atoms with Gasteiger partial charge in [-0.25, -0.2) is 27.9 Å². The summed E-state index contributed by atoms with van der Waals surface area (Å²) in [5.41, 5.74) is 0.723. The Morgan fingerprint density at radius 1 is 1.12 bits per heavy atom. The van der Waals surface area contributed by atoms with Crippen LogP contribution in [0.1, 0.15) is 69.2 Å². The van der Waals surface area contributed by atoms with Gasteiger partial charge in [0.1, 0.15) is 11.0 Å². The molecule has 2 aliphatic rings. The van der Waals surface area contributed by atoms with Crippen molar-refractivity contribution < 1.29 is 39.9 Å². The summed E-state index contributed by atoms with van der Waals surface area (Å²) in [4.78, 5) is 20.4. The molecule has 0 spiro atoms. The normalized spacial score (nSPS) is 21.7. The van der Waals surface area contributed by atoms with Gasteiger partial charge in [0.05, 0.1) is 18.3 Å². The maximum absolute atomic E-state index is 13.0. The van der Waals surface area contributed by atoms with Gasteiger partial charge >= 0.3 is 18.8 Å². The number of amides is 1. The number of anilines is 1. The Morgan fingerprint density at radius 3 is 2.37 bits per heavy atom. The molecule has 1 aliphatic heterocycles. The van der Waals surface area contributed by atoms with Crippen LogP contribution in [-0.2, 0) is 14.8 Å². The molecule has 17 heteroatoms. The molecular weight excluding hydrogens is 577 g/mol. The largest absolute Gasteiger partial charge is 0.446 e. The Morgan fingerprint density at radius 2 is 1.78 bits per heavy atom. The minimum absolute atomic E-state index is 0.0285. The van der Waals surface area contributed by atoms with Crippen LogP contribution >= 0.6 is 0 Å². The molecule has 228 valence electrons. The molecule has 3 atom stereocenters. The molecule has 2 aromatic rings. The van der Waals surface area contributed by atoms with E-state index in [1.165, 1.54) is 18.2 Å². The maximum atomic E-state index is 13.0. The number of halogens is 5. The zero-order valence-electron chi connectivity index (χ0n) is 22.4. The van der Waals surface area contributed by atoms with Gasteiger partial charge < -0.3 is 15.4 Å². The summed E-state index contributed by atoms with van der Waals surface area (Å²) in [6.45, 7) is -0.00805. The quantitative estimate of drug-likeness (QED) is 0.402. The average Bonchev–Trinajstić information content (AvgIpc) is 3.50. The van der Waals surface area contributed by atoms with Crippen LogP contribution in [0, 0.1) is 6.92 Å². The monoisotopic (exact) mass is 609 g/mol. The van der Waals surface area contributed by atoms with E-state index in [-0.39, 0.29) is 35.6 Å². The third-order valence-electron chi connectivity index (χ3n) is 7.29. The van der Waals surface area contributed by atoms with Gasteiger partial charge in [0.2, 0.25) is 16.0 Å². The number of sulfonamides is 1. The Bertz CT molecular complexity index is 1300. The number of nitrogens with zero attached hydrogens (tertiary/aromatic N) is 5. The minimum atomic E-state index is -4.38. The molecule has 4 rings (SSSR count). The number of nitrogens with one attached hydrogen (secondary N) is 2. The van der Waals surface area contributed by atoms with Crippen LogP contribution in [0.2, 0.25) is 0 Å². The van der Waals surface area contributed by atoms with Crippen molar-refractivity contribution in [1.82, 2.24) is 29.4 Å². The number of carbonyl (C=O) groups is 1. The lowest BCUT2D eigenvalue weighted by Gasteiger charge is -2.31. The number of piperidine rings is 1. The molecule has 0 bridgehead atoms. The van der Waals surface area contributed by atoms with Gasteiger partial charge in [0, 0.05) is 37.6 Å². The molecule has 0 aromatic carbocycles. The van der Waals surface area contributed by atoms with E-state index in [2.05, 4.69) is 25.7 Å². The first-order chi connectivity index (χ1) is 19.2. The summed E-state index contributed by atoms with van der Waals surface area (Å²) in [5.74, 6) is 0.397. The van der Waals surface area contributed by atoms with E-state index >= 15 is 0 Å². The lowest BCUT2D eigenvalue weighted by molar-refractivity contribution is -0.138. The number of carbonyl (C=O) groups excluding carboxylic acids is 1. The fourth-order valence-corrected chi connectivity index (χ4v) is 6.79. The van der Waals surface area contributed by atoms with Crippen molar-refractivity contribution in [3.05, 3.63) is 29.8 Å². The first kappa shape index (κ1) is 30.9. The molecule has 2 N–H and O–H groups in total. The van der Waals surface area contributed by atoms with E-state index in [9.17, 15) is 35.2 Å². The zero-order chi connectivity index (χ0) is 29.9. The Hall–Kier alpha value is -3.08. The number of aromatic nitrogens is 4. The van der Waals surface area contributed by atoms with Gasteiger partial charge in [-0.05, 0) is 57.4 Å². The van der Waals surface area contributed by atoms with Crippen molar-refractivity contribution in [3.63, 3.8) is 0 Å². The second kappa shape index (κ2) is 12.4.